The van der Waals surface area contributed by atoms with Crippen LogP contribution in [0.2, 0.25) is 5.02 Å². The van der Waals surface area contributed by atoms with E-state index < -0.39 is 12.5 Å². The van der Waals surface area contributed by atoms with Crippen molar-refractivity contribution in [3.05, 3.63) is 64.7 Å². The van der Waals surface area contributed by atoms with Crippen LogP contribution in [0.25, 0.3) is 0 Å². The minimum atomic E-state index is -2.98. The maximum Gasteiger partial charge on any atom is 0.387 e. The van der Waals surface area contributed by atoms with Gasteiger partial charge < -0.3 is 10.1 Å². The number of nitrogens with one attached hydrogen (secondary N) is 1. The molecule has 1 N–H and O–H groups in total. The fraction of sp³-hybridized carbons (Fsp3) is 0.133. The Balaban J connectivity index is 2.05. The van der Waals surface area contributed by atoms with Gasteiger partial charge in [-0.1, -0.05) is 35.9 Å². The Labute approximate surface area is 125 Å². The summed E-state index contributed by atoms with van der Waals surface area (Å²) in [5, 5.41) is 3.24. The number of carbonyl (C=O) groups excluding carboxylic acids is 1. The lowest BCUT2D eigenvalue weighted by Crippen LogP contribution is -2.23. The van der Waals surface area contributed by atoms with E-state index in [1.807, 2.05) is 0 Å². The fourth-order valence-electron chi connectivity index (χ4n) is 1.73. The van der Waals surface area contributed by atoms with E-state index in [-0.39, 0.29) is 17.9 Å². The van der Waals surface area contributed by atoms with Crippen molar-refractivity contribution in [2.45, 2.75) is 13.2 Å². The molecule has 0 aliphatic rings. The Morgan fingerprint density at radius 2 is 1.81 bits per heavy atom. The number of alkyl halides is 2. The van der Waals surface area contributed by atoms with Crippen LogP contribution >= 0.6 is 11.6 Å². The van der Waals surface area contributed by atoms with Crippen molar-refractivity contribution in [3.8, 4) is 5.75 Å². The molecule has 2 aromatic rings. The van der Waals surface area contributed by atoms with Crippen molar-refractivity contribution in [2.75, 3.05) is 0 Å². The number of hydrogen-bond donors (Lipinski definition) is 1. The predicted octanol–water partition coefficient (Wildman–Crippen LogP) is 3.87. The largest absolute Gasteiger partial charge is 0.434 e. The second-order valence-electron chi connectivity index (χ2n) is 4.18. The maximum atomic E-state index is 12.3. The van der Waals surface area contributed by atoms with Crippen LogP contribution in [0.3, 0.4) is 0 Å². The van der Waals surface area contributed by atoms with Gasteiger partial charge in [0.25, 0.3) is 5.91 Å². The van der Waals surface area contributed by atoms with Gasteiger partial charge >= 0.3 is 6.61 Å². The molecule has 0 aliphatic carbocycles. The first kappa shape index (κ1) is 15.3. The molecule has 0 saturated heterocycles. The van der Waals surface area contributed by atoms with E-state index in [1.54, 1.807) is 30.3 Å². The third-order valence-electron chi connectivity index (χ3n) is 2.71. The number of carbonyl (C=O) groups is 1. The SMILES string of the molecule is O=C(NCc1ccc(Cl)cc1)c1ccccc1OC(F)F. The Bertz CT molecular complexity index is 617. The third kappa shape index (κ3) is 4.43. The Kier molecular flexibility index (Phi) is 5.11. The summed E-state index contributed by atoms with van der Waals surface area (Å²) in [4.78, 5) is 12.0. The first-order chi connectivity index (χ1) is 10.1. The molecule has 0 aliphatic heterocycles. The molecule has 0 radical (unpaired) electrons. The van der Waals surface area contributed by atoms with Gasteiger partial charge in [0.1, 0.15) is 5.75 Å². The quantitative estimate of drug-likeness (QED) is 0.910. The zero-order valence-corrected chi connectivity index (χ0v) is 11.6. The Morgan fingerprint density at radius 1 is 1.14 bits per heavy atom. The van der Waals surface area contributed by atoms with E-state index in [9.17, 15) is 13.6 Å². The summed E-state index contributed by atoms with van der Waals surface area (Å²) in [6.45, 7) is -2.71. The minimum absolute atomic E-state index is 0.0618. The molecule has 0 aromatic heterocycles. The Hall–Kier alpha value is -2.14. The minimum Gasteiger partial charge on any atom is -0.434 e. The monoisotopic (exact) mass is 311 g/mol. The molecule has 0 bridgehead atoms. The zero-order valence-electron chi connectivity index (χ0n) is 10.9. The maximum absolute atomic E-state index is 12.3. The van der Waals surface area contributed by atoms with Crippen LogP contribution in [0.4, 0.5) is 8.78 Å². The highest BCUT2D eigenvalue weighted by atomic mass is 35.5. The number of para-hydroxylation sites is 1. The van der Waals surface area contributed by atoms with Crippen molar-refractivity contribution in [1.82, 2.24) is 5.32 Å². The van der Waals surface area contributed by atoms with Crippen LogP contribution in [0.5, 0.6) is 5.75 Å². The lowest BCUT2D eigenvalue weighted by atomic mass is 10.1. The van der Waals surface area contributed by atoms with Gasteiger partial charge in [-0.05, 0) is 29.8 Å². The number of rotatable bonds is 5. The lowest BCUT2D eigenvalue weighted by molar-refractivity contribution is -0.0501. The van der Waals surface area contributed by atoms with E-state index in [0.717, 1.165) is 5.56 Å². The van der Waals surface area contributed by atoms with E-state index in [1.165, 1.54) is 18.2 Å². The molecule has 2 aromatic carbocycles. The van der Waals surface area contributed by atoms with Gasteiger partial charge in [0.2, 0.25) is 0 Å². The standard InChI is InChI=1S/C15H12ClF2NO2/c16-11-7-5-10(6-8-11)9-19-14(20)12-3-1-2-4-13(12)21-15(17)18/h1-8,15H,9H2,(H,19,20). The van der Waals surface area contributed by atoms with E-state index in [2.05, 4.69) is 10.1 Å². The summed E-state index contributed by atoms with van der Waals surface area (Å²) in [6.07, 6.45) is 0. The van der Waals surface area contributed by atoms with Crippen LogP contribution in [0, 0.1) is 0 Å². The van der Waals surface area contributed by atoms with Crippen LogP contribution in [0.15, 0.2) is 48.5 Å². The van der Waals surface area contributed by atoms with Gasteiger partial charge in [0, 0.05) is 11.6 Å². The van der Waals surface area contributed by atoms with Crippen LogP contribution in [-0.4, -0.2) is 12.5 Å². The molecule has 0 fully saturated rings. The molecular formula is C15H12ClF2NO2. The highest BCUT2D eigenvalue weighted by Crippen LogP contribution is 2.20. The Morgan fingerprint density at radius 3 is 2.48 bits per heavy atom. The average molecular weight is 312 g/mol. The van der Waals surface area contributed by atoms with E-state index in [4.69, 9.17) is 11.6 Å². The second kappa shape index (κ2) is 7.04. The van der Waals surface area contributed by atoms with Crippen molar-refractivity contribution in [1.29, 1.82) is 0 Å². The smallest absolute Gasteiger partial charge is 0.387 e. The molecule has 6 heteroatoms. The van der Waals surface area contributed by atoms with Crippen molar-refractivity contribution < 1.29 is 18.3 Å². The summed E-state index contributed by atoms with van der Waals surface area (Å²) in [7, 11) is 0. The van der Waals surface area contributed by atoms with E-state index >= 15 is 0 Å². The van der Waals surface area contributed by atoms with Crippen LogP contribution < -0.4 is 10.1 Å². The van der Waals surface area contributed by atoms with Crippen molar-refractivity contribution >= 4 is 17.5 Å². The summed E-state index contributed by atoms with van der Waals surface area (Å²) in [5.41, 5.74) is 0.909. The second-order valence-corrected chi connectivity index (χ2v) is 4.62. The van der Waals surface area contributed by atoms with Gasteiger partial charge in [0.05, 0.1) is 5.56 Å². The normalized spacial score (nSPS) is 10.5. The number of benzene rings is 2. The molecule has 3 nitrogen and oxygen atoms in total. The number of hydrogen-bond acceptors (Lipinski definition) is 2. The first-order valence-electron chi connectivity index (χ1n) is 6.13. The molecule has 0 unspecified atom stereocenters. The van der Waals surface area contributed by atoms with Crippen LogP contribution in [-0.2, 0) is 6.54 Å². The highest BCUT2D eigenvalue weighted by Gasteiger charge is 2.14. The molecule has 0 saturated carbocycles. The molecule has 1 amide bonds. The molecular weight excluding hydrogens is 300 g/mol. The molecule has 0 spiro atoms. The number of amides is 1. The highest BCUT2D eigenvalue weighted by molar-refractivity contribution is 6.30. The summed E-state index contributed by atoms with van der Waals surface area (Å²) in [6, 6.07) is 12.8. The zero-order chi connectivity index (χ0) is 15.2. The molecule has 0 heterocycles. The predicted molar refractivity (Wildman–Crippen MR) is 75.7 cm³/mol. The molecule has 110 valence electrons. The van der Waals surface area contributed by atoms with Crippen LogP contribution in [0.1, 0.15) is 15.9 Å². The number of halogens is 3. The van der Waals surface area contributed by atoms with Gasteiger partial charge in [0.15, 0.2) is 0 Å². The molecule has 21 heavy (non-hydrogen) atoms. The van der Waals surface area contributed by atoms with Crippen molar-refractivity contribution in [3.63, 3.8) is 0 Å². The average Bonchev–Trinajstić information content (AvgIpc) is 2.46. The van der Waals surface area contributed by atoms with Gasteiger partial charge in [-0.15, -0.1) is 0 Å². The van der Waals surface area contributed by atoms with Gasteiger partial charge in [-0.3, -0.25) is 4.79 Å². The summed E-state index contributed by atoms with van der Waals surface area (Å²) in [5.74, 6) is -0.637. The van der Waals surface area contributed by atoms with Gasteiger partial charge in [-0.25, -0.2) is 0 Å². The van der Waals surface area contributed by atoms with E-state index in [0.29, 0.717) is 5.02 Å². The molecule has 2 rings (SSSR count). The topological polar surface area (TPSA) is 38.3 Å². The third-order valence-corrected chi connectivity index (χ3v) is 2.97. The fourth-order valence-corrected chi connectivity index (χ4v) is 1.86. The lowest BCUT2D eigenvalue weighted by Gasteiger charge is -2.11. The molecule has 0 atom stereocenters. The number of ether oxygens (including phenoxy) is 1. The summed E-state index contributed by atoms with van der Waals surface area (Å²) >= 11 is 5.76. The van der Waals surface area contributed by atoms with Crippen molar-refractivity contribution in [2.24, 2.45) is 0 Å². The first-order valence-corrected chi connectivity index (χ1v) is 6.50. The van der Waals surface area contributed by atoms with Gasteiger partial charge in [-0.2, -0.15) is 8.78 Å². The summed E-state index contributed by atoms with van der Waals surface area (Å²) < 4.78 is 28.9.